The van der Waals surface area contributed by atoms with Gasteiger partial charge in [-0.2, -0.15) is 0 Å². The molecule has 4 rings (SSSR count). The molecule has 1 saturated heterocycles. The summed E-state index contributed by atoms with van der Waals surface area (Å²) in [6.45, 7) is 15.1. The van der Waals surface area contributed by atoms with Gasteiger partial charge in [0.25, 0.3) is 5.91 Å². The number of aromatic nitrogens is 1. The average Bonchev–Trinajstić information content (AvgIpc) is 3.40. The molecule has 2 amide bonds. The van der Waals surface area contributed by atoms with E-state index in [4.69, 9.17) is 0 Å². The molecule has 0 unspecified atom stereocenters. The number of nitrogens with one attached hydrogen (secondary N) is 1. The van der Waals surface area contributed by atoms with Crippen LogP contribution in [-0.2, 0) is 16.8 Å². The number of rotatable bonds is 5. The number of amides is 2. The molecular weight excluding hydrogens is 434 g/mol. The summed E-state index contributed by atoms with van der Waals surface area (Å²) >= 11 is 0. The van der Waals surface area contributed by atoms with E-state index in [9.17, 15) is 9.59 Å². The fourth-order valence-corrected chi connectivity index (χ4v) is 4.76. The van der Waals surface area contributed by atoms with E-state index in [1.54, 1.807) is 0 Å². The number of carbonyl (C=O) groups excluding carboxylic acids is 2. The van der Waals surface area contributed by atoms with Gasteiger partial charge in [0.1, 0.15) is 5.69 Å². The van der Waals surface area contributed by atoms with Gasteiger partial charge in [-0.3, -0.25) is 9.59 Å². The zero-order chi connectivity index (χ0) is 25.4. The van der Waals surface area contributed by atoms with Crippen molar-refractivity contribution in [2.75, 3.05) is 18.4 Å². The largest absolute Gasteiger partial charge is 0.337 e. The zero-order valence-corrected chi connectivity index (χ0v) is 22.1. The lowest BCUT2D eigenvalue weighted by molar-refractivity contribution is -0.117. The third-order valence-corrected chi connectivity index (χ3v) is 6.65. The molecule has 0 saturated carbocycles. The monoisotopic (exact) mass is 473 g/mol. The molecule has 0 atom stereocenters. The van der Waals surface area contributed by atoms with E-state index >= 15 is 0 Å². The molecule has 3 aromatic rings. The van der Waals surface area contributed by atoms with Gasteiger partial charge < -0.3 is 14.8 Å². The van der Waals surface area contributed by atoms with E-state index in [1.807, 2.05) is 29.2 Å². The van der Waals surface area contributed by atoms with Crippen molar-refractivity contribution in [3.63, 3.8) is 0 Å². The van der Waals surface area contributed by atoms with Crippen molar-refractivity contribution in [3.8, 4) is 0 Å². The lowest BCUT2D eigenvalue weighted by Gasteiger charge is -2.20. The molecule has 0 spiro atoms. The maximum Gasteiger partial charge on any atom is 0.270 e. The van der Waals surface area contributed by atoms with Crippen LogP contribution in [0.2, 0.25) is 0 Å². The van der Waals surface area contributed by atoms with Gasteiger partial charge in [-0.05, 0) is 59.1 Å². The van der Waals surface area contributed by atoms with Crippen molar-refractivity contribution in [3.05, 3.63) is 65.4 Å². The minimum atomic E-state index is -0.0740. The first-order chi connectivity index (χ1) is 16.4. The van der Waals surface area contributed by atoms with Gasteiger partial charge in [-0.1, -0.05) is 65.8 Å². The number of likely N-dealkylation sites (tertiary alicyclic amines) is 1. The van der Waals surface area contributed by atoms with Crippen LogP contribution in [-0.4, -0.2) is 34.4 Å². The molecule has 1 aliphatic rings. The highest BCUT2D eigenvalue weighted by Crippen LogP contribution is 2.28. The van der Waals surface area contributed by atoms with Crippen molar-refractivity contribution >= 4 is 28.4 Å². The van der Waals surface area contributed by atoms with Crippen LogP contribution in [0.4, 0.5) is 5.69 Å². The number of nitrogens with zero attached hydrogens (tertiary/aromatic N) is 2. The molecular formula is C30H39N3O2. The summed E-state index contributed by atoms with van der Waals surface area (Å²) in [6.07, 6.45) is 2.57. The lowest BCUT2D eigenvalue weighted by Crippen LogP contribution is -2.29. The summed E-state index contributed by atoms with van der Waals surface area (Å²) in [5, 5.41) is 4.00. The molecule has 1 aliphatic heterocycles. The molecule has 5 heteroatoms. The number of anilines is 1. The third-order valence-electron chi connectivity index (χ3n) is 6.65. The summed E-state index contributed by atoms with van der Waals surface area (Å²) in [5.41, 5.74) is 4.95. The normalized spacial score (nSPS) is 14.5. The number of fused-ring (bicyclic) bond motifs is 1. The quantitative estimate of drug-likeness (QED) is 0.454. The molecule has 0 bridgehead atoms. The summed E-state index contributed by atoms with van der Waals surface area (Å²) in [6, 6.07) is 16.6. The maximum atomic E-state index is 13.5. The molecule has 186 valence electrons. The fourth-order valence-electron chi connectivity index (χ4n) is 4.76. The molecule has 0 aliphatic carbocycles. The van der Waals surface area contributed by atoms with E-state index in [2.05, 4.69) is 75.7 Å². The van der Waals surface area contributed by atoms with Gasteiger partial charge in [0.15, 0.2) is 0 Å². The second-order valence-corrected chi connectivity index (χ2v) is 12.1. The van der Waals surface area contributed by atoms with Crippen LogP contribution < -0.4 is 5.32 Å². The smallest absolute Gasteiger partial charge is 0.270 e. The number of benzene rings is 2. The Bertz CT molecular complexity index is 1220. The number of carbonyl (C=O) groups is 2. The lowest BCUT2D eigenvalue weighted by atomic mass is 9.87. The van der Waals surface area contributed by atoms with Crippen LogP contribution in [0.3, 0.4) is 0 Å². The van der Waals surface area contributed by atoms with Crippen molar-refractivity contribution in [2.45, 2.75) is 72.8 Å². The standard InChI is InChI=1S/C30H39N3O2/c1-29(2,3)19-27(34)31-24-13-14-25-22(17-24)18-26(28(35)32-15-7-8-16-32)33(25)20-21-9-11-23(12-10-21)30(4,5)6/h9-14,17-18H,7-8,15-16,19-20H2,1-6H3,(H,31,34). The predicted molar refractivity (Wildman–Crippen MR) is 144 cm³/mol. The van der Waals surface area contributed by atoms with E-state index in [1.165, 1.54) is 5.56 Å². The summed E-state index contributed by atoms with van der Waals surface area (Å²) in [4.78, 5) is 27.9. The Kier molecular flexibility index (Phi) is 6.81. The van der Waals surface area contributed by atoms with Crippen LogP contribution in [0, 0.1) is 5.41 Å². The summed E-state index contributed by atoms with van der Waals surface area (Å²) in [7, 11) is 0. The topological polar surface area (TPSA) is 54.3 Å². The summed E-state index contributed by atoms with van der Waals surface area (Å²) in [5.74, 6) is 0.0897. The Morgan fingerprint density at radius 1 is 0.886 bits per heavy atom. The van der Waals surface area contributed by atoms with E-state index in [-0.39, 0.29) is 22.6 Å². The highest BCUT2D eigenvalue weighted by atomic mass is 16.2. The predicted octanol–water partition coefficient (Wildman–Crippen LogP) is 6.60. The molecule has 1 N–H and O–H groups in total. The Balaban J connectivity index is 1.68. The summed E-state index contributed by atoms with van der Waals surface area (Å²) < 4.78 is 2.13. The van der Waals surface area contributed by atoms with Crippen LogP contribution in [0.15, 0.2) is 48.5 Å². The van der Waals surface area contributed by atoms with Crippen molar-refractivity contribution in [2.24, 2.45) is 5.41 Å². The van der Waals surface area contributed by atoms with Gasteiger partial charge in [0, 0.05) is 42.6 Å². The third kappa shape index (κ3) is 5.95. The zero-order valence-electron chi connectivity index (χ0n) is 22.1. The van der Waals surface area contributed by atoms with E-state index < -0.39 is 0 Å². The first-order valence-corrected chi connectivity index (χ1v) is 12.7. The second-order valence-electron chi connectivity index (χ2n) is 12.1. The molecule has 0 radical (unpaired) electrons. The van der Waals surface area contributed by atoms with Crippen LogP contribution in [0.25, 0.3) is 10.9 Å². The highest BCUT2D eigenvalue weighted by molar-refractivity contribution is 6.00. The molecule has 5 nitrogen and oxygen atoms in total. The van der Waals surface area contributed by atoms with Gasteiger partial charge in [0.2, 0.25) is 5.91 Å². The van der Waals surface area contributed by atoms with Crippen LogP contribution in [0.5, 0.6) is 0 Å². The minimum absolute atomic E-state index is 0.00332. The van der Waals surface area contributed by atoms with Gasteiger partial charge in [-0.15, -0.1) is 0 Å². The number of hydrogen-bond acceptors (Lipinski definition) is 2. The minimum Gasteiger partial charge on any atom is -0.337 e. The van der Waals surface area contributed by atoms with Crippen molar-refractivity contribution in [1.29, 1.82) is 0 Å². The van der Waals surface area contributed by atoms with Crippen molar-refractivity contribution in [1.82, 2.24) is 9.47 Å². The average molecular weight is 474 g/mol. The molecule has 35 heavy (non-hydrogen) atoms. The Morgan fingerprint density at radius 3 is 2.14 bits per heavy atom. The molecule has 1 aromatic heterocycles. The van der Waals surface area contributed by atoms with E-state index in [0.717, 1.165) is 48.1 Å². The fraction of sp³-hybridized carbons (Fsp3) is 0.467. The highest BCUT2D eigenvalue weighted by Gasteiger charge is 2.24. The van der Waals surface area contributed by atoms with Crippen LogP contribution in [0.1, 0.15) is 82.4 Å². The molecule has 2 heterocycles. The Labute approximate surface area is 209 Å². The number of hydrogen-bond donors (Lipinski definition) is 1. The Morgan fingerprint density at radius 2 is 1.54 bits per heavy atom. The molecule has 1 fully saturated rings. The van der Waals surface area contributed by atoms with Gasteiger partial charge in [-0.25, -0.2) is 0 Å². The SMILES string of the molecule is CC(C)(C)CC(=O)Nc1ccc2c(c1)cc(C(=O)N1CCCC1)n2Cc1ccc(C(C)(C)C)cc1. The first kappa shape index (κ1) is 25.0. The van der Waals surface area contributed by atoms with E-state index in [0.29, 0.717) is 18.7 Å². The molecule has 2 aromatic carbocycles. The first-order valence-electron chi connectivity index (χ1n) is 12.7. The van der Waals surface area contributed by atoms with Crippen LogP contribution >= 0.6 is 0 Å². The van der Waals surface area contributed by atoms with Gasteiger partial charge in [0.05, 0.1) is 0 Å². The van der Waals surface area contributed by atoms with Crippen molar-refractivity contribution < 1.29 is 9.59 Å². The Hall–Kier alpha value is -3.08. The van der Waals surface area contributed by atoms with Gasteiger partial charge >= 0.3 is 0 Å². The maximum absolute atomic E-state index is 13.5. The second kappa shape index (κ2) is 9.52.